The number of carbonyl (C=O) groups is 4. The fourth-order valence-corrected chi connectivity index (χ4v) is 5.05. The number of nitrogens with two attached hydrogens (primary N) is 1. The molecule has 14 heteroatoms. The normalized spacial score (nSPS) is 19.9. The van der Waals surface area contributed by atoms with E-state index in [4.69, 9.17) is 22.1 Å². The van der Waals surface area contributed by atoms with Gasteiger partial charge in [0, 0.05) is 32.3 Å². The van der Waals surface area contributed by atoms with Crippen molar-refractivity contribution in [2.45, 2.75) is 62.8 Å². The number of amides is 3. The first-order valence-corrected chi connectivity index (χ1v) is 13.1. The van der Waals surface area contributed by atoms with Crippen molar-refractivity contribution < 1.29 is 42.2 Å². The molecule has 1 aromatic rings. The highest BCUT2D eigenvalue weighted by Gasteiger charge is 2.46. The van der Waals surface area contributed by atoms with Gasteiger partial charge in [0.05, 0.1) is 36.9 Å². The van der Waals surface area contributed by atoms with Crippen molar-refractivity contribution in [3.8, 4) is 0 Å². The van der Waals surface area contributed by atoms with Crippen LogP contribution in [0.3, 0.4) is 0 Å². The molecule has 0 saturated carbocycles. The Morgan fingerprint density at radius 3 is 2.40 bits per heavy atom. The van der Waals surface area contributed by atoms with E-state index < -0.39 is 66.2 Å². The number of alkyl halides is 3. The quantitative estimate of drug-likeness (QED) is 0.338. The molecule has 1 heterocycles. The number of nitrogens with one attached hydrogen (secondary N) is 1. The molecule has 4 atom stereocenters. The monoisotopic (exact) mass is 592 g/mol. The van der Waals surface area contributed by atoms with Gasteiger partial charge >= 0.3 is 12.1 Å². The number of methoxy groups -OCH3 is 1. The van der Waals surface area contributed by atoms with Gasteiger partial charge in [0.2, 0.25) is 17.7 Å². The number of rotatable bonds is 12. The molecule has 40 heavy (non-hydrogen) atoms. The van der Waals surface area contributed by atoms with Gasteiger partial charge in [-0.1, -0.05) is 23.7 Å². The van der Waals surface area contributed by atoms with Crippen molar-refractivity contribution in [1.82, 2.24) is 15.1 Å². The zero-order valence-corrected chi connectivity index (χ0v) is 23.4. The number of halogens is 4. The van der Waals surface area contributed by atoms with Gasteiger partial charge in [-0.05, 0) is 43.9 Å². The Labute approximate surface area is 235 Å². The summed E-state index contributed by atoms with van der Waals surface area (Å²) in [7, 11) is 2.85. The molecule has 1 fully saturated rings. The zero-order chi connectivity index (χ0) is 30.3. The third-order valence-corrected chi connectivity index (χ3v) is 7.22. The smallest absolute Gasteiger partial charge is 0.389 e. The largest absolute Gasteiger partial charge is 0.481 e. The number of hydrogen-bond acceptors (Lipinski definition) is 6. The molecule has 0 spiro atoms. The Hall–Kier alpha value is -2.90. The summed E-state index contributed by atoms with van der Waals surface area (Å²) < 4.78 is 44.8. The maximum Gasteiger partial charge on any atom is 0.389 e. The lowest BCUT2D eigenvalue weighted by Crippen LogP contribution is -2.65. The first kappa shape index (κ1) is 33.3. The van der Waals surface area contributed by atoms with E-state index in [1.807, 2.05) is 0 Å². The minimum atomic E-state index is -4.75. The number of hydrogen-bond donors (Lipinski definition) is 3. The number of carbonyl (C=O) groups excluding carboxylic acids is 3. The van der Waals surface area contributed by atoms with E-state index in [-0.39, 0.29) is 26.1 Å². The summed E-state index contributed by atoms with van der Waals surface area (Å²) in [4.78, 5) is 53.2. The second-order valence-electron chi connectivity index (χ2n) is 10.2. The lowest BCUT2D eigenvalue weighted by atomic mass is 9.80. The van der Waals surface area contributed by atoms with Crippen LogP contribution in [0.4, 0.5) is 13.2 Å². The summed E-state index contributed by atoms with van der Waals surface area (Å²) >= 11 is 6.02. The molecule has 1 aliphatic rings. The van der Waals surface area contributed by atoms with E-state index >= 15 is 0 Å². The van der Waals surface area contributed by atoms with Crippen molar-refractivity contribution in [3.05, 3.63) is 34.9 Å². The van der Waals surface area contributed by atoms with Crippen LogP contribution in [0.15, 0.2) is 24.3 Å². The third-order valence-electron chi connectivity index (χ3n) is 6.97. The van der Waals surface area contributed by atoms with Crippen LogP contribution >= 0.6 is 11.6 Å². The number of benzene rings is 1. The molecule has 3 amide bonds. The van der Waals surface area contributed by atoms with Crippen molar-refractivity contribution in [2.75, 3.05) is 33.9 Å². The Balaban J connectivity index is 2.47. The van der Waals surface area contributed by atoms with Gasteiger partial charge in [0.1, 0.15) is 6.04 Å². The lowest BCUT2D eigenvalue weighted by Gasteiger charge is -2.49. The van der Waals surface area contributed by atoms with Gasteiger partial charge < -0.3 is 30.7 Å². The van der Waals surface area contributed by atoms with Gasteiger partial charge in [-0.3, -0.25) is 19.2 Å². The van der Waals surface area contributed by atoms with Crippen LogP contribution in [0, 0.1) is 5.92 Å². The number of ether oxygens (including phenoxy) is 1. The molecule has 0 radical (unpaired) electrons. The minimum Gasteiger partial charge on any atom is -0.481 e. The molecule has 224 valence electrons. The fourth-order valence-electron chi connectivity index (χ4n) is 4.93. The summed E-state index contributed by atoms with van der Waals surface area (Å²) in [5.41, 5.74) is 5.29. The second-order valence-corrected chi connectivity index (χ2v) is 10.6. The van der Waals surface area contributed by atoms with Gasteiger partial charge in [0.15, 0.2) is 0 Å². The molecule has 1 aromatic carbocycles. The molecule has 1 saturated heterocycles. The second kappa shape index (κ2) is 14.1. The number of carboxylic acids is 1. The molecule has 2 rings (SSSR count). The van der Waals surface area contributed by atoms with Crippen LogP contribution in [-0.4, -0.2) is 96.2 Å². The van der Waals surface area contributed by atoms with Crippen LogP contribution in [0.5, 0.6) is 0 Å². The number of likely N-dealkylation sites (N-methyl/N-ethyl adjacent to an activating group) is 1. The first-order valence-electron chi connectivity index (χ1n) is 12.7. The number of nitrogens with zero attached hydrogens (tertiary/aromatic N) is 2. The SMILES string of the molecule is COCC(NC(=O)C(C)N)C(=O)N(C)[C@@]1(Cc2ccc(Cl)cc2)CCCN(C(=O)C(CC(=O)O)CC(F)(F)F)C1. The Morgan fingerprint density at radius 1 is 1.25 bits per heavy atom. The van der Waals surface area contributed by atoms with Gasteiger partial charge in [-0.25, -0.2) is 0 Å². The highest BCUT2D eigenvalue weighted by molar-refractivity contribution is 6.30. The molecular formula is C26H36ClF3N4O6. The number of carboxylic acid groups (broad SMARTS) is 1. The maximum atomic E-state index is 13.7. The van der Waals surface area contributed by atoms with Crippen LogP contribution in [0.1, 0.15) is 38.2 Å². The van der Waals surface area contributed by atoms with Crippen molar-refractivity contribution in [2.24, 2.45) is 11.7 Å². The zero-order valence-electron chi connectivity index (χ0n) is 22.7. The predicted octanol–water partition coefficient (Wildman–Crippen LogP) is 2.22. The van der Waals surface area contributed by atoms with E-state index in [2.05, 4.69) is 5.32 Å². The summed E-state index contributed by atoms with van der Waals surface area (Å²) in [6.07, 6.45) is -6.38. The lowest BCUT2D eigenvalue weighted by molar-refractivity contribution is -0.166. The molecule has 4 N–H and O–H groups in total. The van der Waals surface area contributed by atoms with Gasteiger partial charge in [-0.2, -0.15) is 13.2 Å². The minimum absolute atomic E-state index is 0.0974. The van der Waals surface area contributed by atoms with E-state index in [9.17, 15) is 37.5 Å². The summed E-state index contributed by atoms with van der Waals surface area (Å²) in [6, 6.07) is 4.77. The molecule has 0 bridgehead atoms. The summed E-state index contributed by atoms with van der Waals surface area (Å²) in [6.45, 7) is 1.23. The average molecular weight is 593 g/mol. The third kappa shape index (κ3) is 9.34. The average Bonchev–Trinajstić information content (AvgIpc) is 2.87. The molecule has 1 aliphatic heterocycles. The first-order chi connectivity index (χ1) is 18.6. The van der Waals surface area contributed by atoms with Crippen LogP contribution in [-0.2, 0) is 30.3 Å². The predicted molar refractivity (Wildman–Crippen MR) is 140 cm³/mol. The van der Waals surface area contributed by atoms with E-state index in [0.717, 1.165) is 5.56 Å². The number of likely N-dealkylation sites (tertiary alicyclic amines) is 1. The van der Waals surface area contributed by atoms with Gasteiger partial charge in [-0.15, -0.1) is 0 Å². The van der Waals surface area contributed by atoms with E-state index in [0.29, 0.717) is 17.9 Å². The highest BCUT2D eigenvalue weighted by Crippen LogP contribution is 2.34. The number of piperidine rings is 1. The molecule has 3 unspecified atom stereocenters. The highest BCUT2D eigenvalue weighted by atomic mass is 35.5. The Bertz CT molecular complexity index is 1060. The molecular weight excluding hydrogens is 557 g/mol. The topological polar surface area (TPSA) is 142 Å². The molecule has 10 nitrogen and oxygen atoms in total. The van der Waals surface area contributed by atoms with Crippen molar-refractivity contribution in [3.63, 3.8) is 0 Å². The van der Waals surface area contributed by atoms with Crippen molar-refractivity contribution in [1.29, 1.82) is 0 Å². The summed E-state index contributed by atoms with van der Waals surface area (Å²) in [5.74, 6) is -5.40. The number of aliphatic carboxylic acids is 1. The van der Waals surface area contributed by atoms with Crippen LogP contribution in [0.25, 0.3) is 0 Å². The molecule has 0 aliphatic carbocycles. The summed E-state index contributed by atoms with van der Waals surface area (Å²) in [5, 5.41) is 12.2. The van der Waals surface area contributed by atoms with Gasteiger partial charge in [0.25, 0.3) is 0 Å². The van der Waals surface area contributed by atoms with Crippen molar-refractivity contribution >= 4 is 35.3 Å². The Morgan fingerprint density at radius 2 is 1.88 bits per heavy atom. The van der Waals surface area contributed by atoms with Crippen LogP contribution < -0.4 is 11.1 Å². The standard InChI is InChI=1S/C26H36ClF3N4O6/c1-16(31)22(37)32-20(14-40-3)24(39)33(2)25(12-17-5-7-19(27)8-6-17)9-4-10-34(15-25)23(38)18(11-21(35)36)13-26(28,29)30/h5-8,16,18,20H,4,9-15,31H2,1-3H3,(H,32,37)(H,35,36)/t16?,18?,20?,25-/m1/s1. The Kier molecular flexibility index (Phi) is 11.8. The van der Waals surface area contributed by atoms with E-state index in [1.54, 1.807) is 24.3 Å². The van der Waals surface area contributed by atoms with Crippen LogP contribution in [0.2, 0.25) is 5.02 Å². The van der Waals surface area contributed by atoms with E-state index in [1.165, 1.54) is 30.9 Å². The maximum absolute atomic E-state index is 13.7. The molecule has 0 aromatic heterocycles. The fraction of sp³-hybridized carbons (Fsp3) is 0.615.